The largest absolute Gasteiger partial charge is 0.433 e. The third kappa shape index (κ3) is 4.65. The fourth-order valence-electron chi connectivity index (χ4n) is 3.39. The zero-order chi connectivity index (χ0) is 22.1. The molecule has 0 unspecified atom stereocenters. The molecule has 0 amide bonds. The molecule has 1 aliphatic carbocycles. The molecule has 3 aromatic rings. The lowest BCUT2D eigenvalue weighted by Crippen LogP contribution is -2.46. The minimum Gasteiger partial charge on any atom is -0.357 e. The highest BCUT2D eigenvalue weighted by atomic mass is 19.4. The monoisotopic (exact) mass is 426 g/mol. The number of hydrogen-bond acceptors (Lipinski definition) is 6. The lowest BCUT2D eigenvalue weighted by molar-refractivity contribution is -0.141. The van der Waals surface area contributed by atoms with Gasteiger partial charge in [-0.3, -0.25) is 4.79 Å². The van der Waals surface area contributed by atoms with Crippen LogP contribution in [0.2, 0.25) is 0 Å². The Morgan fingerprint density at radius 1 is 1.06 bits per heavy atom. The van der Waals surface area contributed by atoms with Crippen LogP contribution in [0.4, 0.5) is 30.6 Å². The molecule has 1 aromatic carbocycles. The molecule has 1 aliphatic rings. The number of aryl methyl sites for hydroxylation is 1. The van der Waals surface area contributed by atoms with E-state index < -0.39 is 17.4 Å². The summed E-state index contributed by atoms with van der Waals surface area (Å²) in [7, 11) is 0. The average molecular weight is 426 g/mol. The maximum absolute atomic E-state index is 12.9. The van der Waals surface area contributed by atoms with Crippen molar-refractivity contribution in [3.05, 3.63) is 60.0 Å². The molecular weight excluding hydrogens is 407 g/mol. The minimum absolute atomic E-state index is 0.139. The second-order valence-electron chi connectivity index (χ2n) is 7.57. The van der Waals surface area contributed by atoms with Crippen LogP contribution in [0.3, 0.4) is 0 Å². The van der Waals surface area contributed by atoms with Crippen molar-refractivity contribution in [2.75, 3.05) is 10.6 Å². The van der Waals surface area contributed by atoms with Crippen LogP contribution >= 0.6 is 0 Å². The molecule has 0 spiro atoms. The SMILES string of the molecule is Cc1cc(Nc2nccc(C(F)(F)F)n2)cc(-c2ccc(NC3([C]=O)CCC3)nc2)c1. The molecule has 0 saturated heterocycles. The highest BCUT2D eigenvalue weighted by Gasteiger charge is 2.38. The molecule has 0 bridgehead atoms. The van der Waals surface area contributed by atoms with Gasteiger partial charge in [0.05, 0.1) is 0 Å². The summed E-state index contributed by atoms with van der Waals surface area (Å²) in [5, 5.41) is 5.97. The number of nitrogens with zero attached hydrogens (tertiary/aromatic N) is 3. The fourth-order valence-corrected chi connectivity index (χ4v) is 3.39. The van der Waals surface area contributed by atoms with E-state index in [0.717, 1.165) is 48.2 Å². The number of alkyl halides is 3. The Bertz CT molecular complexity index is 1100. The second-order valence-corrected chi connectivity index (χ2v) is 7.57. The van der Waals surface area contributed by atoms with E-state index in [2.05, 4.69) is 31.9 Å². The van der Waals surface area contributed by atoms with Crippen molar-refractivity contribution in [2.45, 2.75) is 37.9 Å². The molecule has 4 rings (SSSR count). The number of rotatable bonds is 6. The average Bonchev–Trinajstić information content (AvgIpc) is 2.70. The van der Waals surface area contributed by atoms with Gasteiger partial charge in [0.25, 0.3) is 0 Å². The van der Waals surface area contributed by atoms with Crippen molar-refractivity contribution in [3.63, 3.8) is 0 Å². The zero-order valence-electron chi connectivity index (χ0n) is 16.6. The Morgan fingerprint density at radius 3 is 2.48 bits per heavy atom. The molecule has 1 radical (unpaired) electrons. The Hall–Kier alpha value is -3.49. The molecule has 9 heteroatoms. The first-order chi connectivity index (χ1) is 14.8. The number of nitrogens with one attached hydrogen (secondary N) is 2. The van der Waals surface area contributed by atoms with Gasteiger partial charge >= 0.3 is 6.18 Å². The lowest BCUT2D eigenvalue weighted by atomic mass is 9.78. The third-order valence-electron chi connectivity index (χ3n) is 5.15. The number of aromatic nitrogens is 3. The summed E-state index contributed by atoms with van der Waals surface area (Å²) in [6.07, 6.45) is 2.73. The smallest absolute Gasteiger partial charge is 0.357 e. The Balaban J connectivity index is 1.55. The number of pyridine rings is 1. The third-order valence-corrected chi connectivity index (χ3v) is 5.15. The first-order valence-electron chi connectivity index (χ1n) is 9.69. The van der Waals surface area contributed by atoms with Crippen molar-refractivity contribution in [1.82, 2.24) is 15.0 Å². The number of halogens is 3. The van der Waals surface area contributed by atoms with Gasteiger partial charge in [-0.15, -0.1) is 0 Å². The number of anilines is 3. The molecular formula is C22H19F3N5O. The highest BCUT2D eigenvalue weighted by Crippen LogP contribution is 2.34. The van der Waals surface area contributed by atoms with Crippen molar-refractivity contribution < 1.29 is 18.0 Å². The molecule has 31 heavy (non-hydrogen) atoms. The number of carbonyl (C=O) groups excluding carboxylic acids is 1. The Labute approximate surface area is 177 Å². The Kier molecular flexibility index (Phi) is 5.34. The van der Waals surface area contributed by atoms with Crippen molar-refractivity contribution in [3.8, 4) is 11.1 Å². The van der Waals surface area contributed by atoms with E-state index in [9.17, 15) is 18.0 Å². The summed E-state index contributed by atoms with van der Waals surface area (Å²) in [6.45, 7) is 1.88. The van der Waals surface area contributed by atoms with Crippen LogP contribution in [0, 0.1) is 6.92 Å². The van der Waals surface area contributed by atoms with Gasteiger partial charge in [0.15, 0.2) is 0 Å². The molecule has 6 nitrogen and oxygen atoms in total. The second kappa shape index (κ2) is 7.98. The van der Waals surface area contributed by atoms with Crippen LogP contribution in [0.25, 0.3) is 11.1 Å². The lowest BCUT2D eigenvalue weighted by Gasteiger charge is -2.36. The van der Waals surface area contributed by atoms with Gasteiger partial charge in [-0.25, -0.2) is 15.0 Å². The molecule has 0 atom stereocenters. The molecule has 159 valence electrons. The summed E-state index contributed by atoms with van der Waals surface area (Å²) >= 11 is 0. The molecule has 1 saturated carbocycles. The van der Waals surface area contributed by atoms with Gasteiger partial charge in [0, 0.05) is 23.6 Å². The highest BCUT2D eigenvalue weighted by molar-refractivity contribution is 5.74. The van der Waals surface area contributed by atoms with Gasteiger partial charge in [-0.2, -0.15) is 13.2 Å². The standard InChI is InChI=1S/C22H19F3N5O/c1-14-9-16(15-3-4-19(27-12-15)30-21(13-31)6-2-7-21)11-17(10-14)28-20-26-8-5-18(29-20)22(23,24)25/h3-5,8-12H,2,6-7H2,1H3,(H,27,30)(H,26,28,29). The number of hydrogen-bond donors (Lipinski definition) is 2. The van der Waals surface area contributed by atoms with E-state index >= 15 is 0 Å². The topological polar surface area (TPSA) is 79.8 Å². The van der Waals surface area contributed by atoms with Crippen molar-refractivity contribution in [1.29, 1.82) is 0 Å². The molecule has 2 N–H and O–H groups in total. The van der Waals surface area contributed by atoms with Crippen LogP contribution in [0.5, 0.6) is 0 Å². The van der Waals surface area contributed by atoms with Crippen molar-refractivity contribution in [2.24, 2.45) is 0 Å². The van der Waals surface area contributed by atoms with Crippen LogP contribution in [0.1, 0.15) is 30.5 Å². The first-order valence-corrected chi connectivity index (χ1v) is 9.69. The summed E-state index contributed by atoms with van der Waals surface area (Å²) in [6, 6.07) is 9.99. The van der Waals surface area contributed by atoms with E-state index in [0.29, 0.717) is 11.5 Å². The van der Waals surface area contributed by atoms with Crippen molar-refractivity contribution >= 4 is 23.7 Å². The number of benzene rings is 1. The van der Waals surface area contributed by atoms with Gasteiger partial charge in [-0.05, 0) is 67.6 Å². The quantitative estimate of drug-likeness (QED) is 0.574. The predicted octanol–water partition coefficient (Wildman–Crippen LogP) is 5.05. The predicted molar refractivity (Wildman–Crippen MR) is 111 cm³/mol. The fraction of sp³-hybridized carbons (Fsp3) is 0.273. The van der Waals surface area contributed by atoms with Gasteiger partial charge in [0.2, 0.25) is 12.2 Å². The van der Waals surface area contributed by atoms with Crippen LogP contribution in [-0.2, 0) is 11.0 Å². The summed E-state index contributed by atoms with van der Waals surface area (Å²) in [4.78, 5) is 23.0. The summed E-state index contributed by atoms with van der Waals surface area (Å²) in [5.74, 6) is 0.454. The summed E-state index contributed by atoms with van der Waals surface area (Å²) in [5.41, 5.74) is 1.45. The van der Waals surface area contributed by atoms with Crippen LogP contribution in [0.15, 0.2) is 48.8 Å². The van der Waals surface area contributed by atoms with Gasteiger partial charge < -0.3 is 10.6 Å². The molecule has 2 heterocycles. The van der Waals surface area contributed by atoms with Crippen LogP contribution in [-0.4, -0.2) is 26.8 Å². The van der Waals surface area contributed by atoms with Gasteiger partial charge in [0.1, 0.15) is 17.1 Å². The molecule has 1 fully saturated rings. The maximum atomic E-state index is 12.9. The van der Waals surface area contributed by atoms with E-state index in [1.165, 1.54) is 0 Å². The van der Waals surface area contributed by atoms with E-state index in [1.807, 2.05) is 19.1 Å². The first kappa shape index (κ1) is 20.8. The Morgan fingerprint density at radius 2 is 1.87 bits per heavy atom. The van der Waals surface area contributed by atoms with E-state index in [4.69, 9.17) is 0 Å². The van der Waals surface area contributed by atoms with Crippen LogP contribution < -0.4 is 10.6 Å². The molecule has 2 aromatic heterocycles. The van der Waals surface area contributed by atoms with E-state index in [1.54, 1.807) is 24.4 Å². The molecule has 0 aliphatic heterocycles. The minimum atomic E-state index is -4.54. The van der Waals surface area contributed by atoms with Gasteiger partial charge in [-0.1, -0.05) is 6.07 Å². The normalized spacial score (nSPS) is 15.1. The zero-order valence-corrected chi connectivity index (χ0v) is 16.6. The summed E-state index contributed by atoms with van der Waals surface area (Å²) < 4.78 is 38.7. The van der Waals surface area contributed by atoms with E-state index in [-0.39, 0.29) is 5.95 Å². The maximum Gasteiger partial charge on any atom is 0.433 e.